The molecule has 3 rings (SSSR count). The second kappa shape index (κ2) is 7.50. The van der Waals surface area contributed by atoms with Crippen molar-refractivity contribution in [1.29, 1.82) is 0 Å². The van der Waals surface area contributed by atoms with Crippen LogP contribution in [0.1, 0.15) is 17.2 Å². The van der Waals surface area contributed by atoms with Crippen molar-refractivity contribution in [2.24, 2.45) is 0 Å². The van der Waals surface area contributed by atoms with Crippen LogP contribution in [0.25, 0.3) is 5.69 Å². The number of nitrogens with zero attached hydrogens (tertiary/aromatic N) is 2. The number of nitrogens with one attached hydrogen (secondary N) is 1. The summed E-state index contributed by atoms with van der Waals surface area (Å²) in [7, 11) is 0. The fourth-order valence-electron chi connectivity index (χ4n) is 2.54. The molecule has 7 heteroatoms. The molecule has 0 saturated heterocycles. The fourth-order valence-corrected chi connectivity index (χ4v) is 2.54. The number of aliphatic hydroxyl groups excluding tert-OH is 1. The Morgan fingerprint density at radius 3 is 2.48 bits per heavy atom. The van der Waals surface area contributed by atoms with Crippen molar-refractivity contribution in [3.63, 3.8) is 0 Å². The Labute approximate surface area is 142 Å². The largest absolute Gasteiger partial charge is 0.394 e. The molecule has 2 aromatic carbocycles. The van der Waals surface area contributed by atoms with Gasteiger partial charge in [0, 0.05) is 18.9 Å². The zero-order valence-corrected chi connectivity index (χ0v) is 13.2. The number of aromatic nitrogens is 2. The molecule has 0 fully saturated rings. The Bertz CT molecular complexity index is 830. The average Bonchev–Trinajstić information content (AvgIpc) is 3.15. The lowest BCUT2D eigenvalue weighted by Crippen LogP contribution is -2.24. The van der Waals surface area contributed by atoms with E-state index in [1.165, 1.54) is 0 Å². The van der Waals surface area contributed by atoms with E-state index in [2.05, 4.69) is 10.4 Å². The van der Waals surface area contributed by atoms with Gasteiger partial charge >= 0.3 is 0 Å². The van der Waals surface area contributed by atoms with E-state index < -0.39 is 23.5 Å². The molecular formula is C18H16F3N3O. The molecule has 0 aliphatic rings. The first-order valence-electron chi connectivity index (χ1n) is 7.66. The smallest absolute Gasteiger partial charge is 0.194 e. The standard InChI is InChI=1S/C18H16F3N3O/c19-15-8-13(9-16(20)18(15)21)17(11-25)22-10-12-3-1-4-14(7-12)24-6-2-5-23-24/h1-9,17,22,25H,10-11H2. The van der Waals surface area contributed by atoms with Crippen LogP contribution in [-0.4, -0.2) is 21.5 Å². The molecule has 0 radical (unpaired) electrons. The molecule has 0 bridgehead atoms. The number of rotatable bonds is 6. The first kappa shape index (κ1) is 17.2. The van der Waals surface area contributed by atoms with Crippen molar-refractivity contribution in [3.05, 3.63) is 83.4 Å². The van der Waals surface area contributed by atoms with Gasteiger partial charge in [0.25, 0.3) is 0 Å². The monoisotopic (exact) mass is 347 g/mol. The highest BCUT2D eigenvalue weighted by Gasteiger charge is 2.16. The minimum atomic E-state index is -1.52. The number of aliphatic hydroxyl groups is 1. The Hall–Kier alpha value is -2.64. The number of hydrogen-bond acceptors (Lipinski definition) is 3. The highest BCUT2D eigenvalue weighted by Crippen LogP contribution is 2.20. The van der Waals surface area contributed by atoms with Gasteiger partial charge in [0.15, 0.2) is 17.5 Å². The van der Waals surface area contributed by atoms with E-state index in [4.69, 9.17) is 0 Å². The number of hydrogen-bond donors (Lipinski definition) is 2. The van der Waals surface area contributed by atoms with Crippen LogP contribution < -0.4 is 5.32 Å². The summed E-state index contributed by atoms with van der Waals surface area (Å²) in [6.45, 7) is -0.0374. The molecule has 4 nitrogen and oxygen atoms in total. The molecule has 3 aromatic rings. The van der Waals surface area contributed by atoms with Gasteiger partial charge < -0.3 is 10.4 Å². The summed E-state index contributed by atoms with van der Waals surface area (Å²) in [5, 5.41) is 16.7. The molecule has 1 aromatic heterocycles. The summed E-state index contributed by atoms with van der Waals surface area (Å²) in [5.74, 6) is -4.08. The summed E-state index contributed by atoms with van der Waals surface area (Å²) < 4.78 is 41.5. The van der Waals surface area contributed by atoms with Gasteiger partial charge in [-0.3, -0.25) is 0 Å². The van der Waals surface area contributed by atoms with Crippen LogP contribution in [-0.2, 0) is 6.54 Å². The predicted molar refractivity (Wildman–Crippen MR) is 86.5 cm³/mol. The van der Waals surface area contributed by atoms with Crippen LogP contribution in [0.5, 0.6) is 0 Å². The van der Waals surface area contributed by atoms with Crippen molar-refractivity contribution in [1.82, 2.24) is 15.1 Å². The molecule has 1 unspecified atom stereocenters. The molecule has 1 heterocycles. The van der Waals surface area contributed by atoms with E-state index in [-0.39, 0.29) is 12.2 Å². The molecule has 0 saturated carbocycles. The Balaban J connectivity index is 1.74. The Morgan fingerprint density at radius 2 is 1.84 bits per heavy atom. The highest BCUT2D eigenvalue weighted by atomic mass is 19.2. The molecule has 1 atom stereocenters. The topological polar surface area (TPSA) is 50.1 Å². The SMILES string of the molecule is OCC(NCc1cccc(-n2cccn2)c1)c1cc(F)c(F)c(F)c1. The van der Waals surface area contributed by atoms with Crippen LogP contribution in [0, 0.1) is 17.5 Å². The molecule has 0 amide bonds. The Morgan fingerprint density at radius 1 is 1.08 bits per heavy atom. The maximum atomic E-state index is 13.4. The first-order chi connectivity index (χ1) is 12.1. The zero-order chi connectivity index (χ0) is 17.8. The van der Waals surface area contributed by atoms with Crippen molar-refractivity contribution in [3.8, 4) is 5.69 Å². The van der Waals surface area contributed by atoms with Gasteiger partial charge in [-0.1, -0.05) is 12.1 Å². The summed E-state index contributed by atoms with van der Waals surface area (Å²) in [4.78, 5) is 0. The van der Waals surface area contributed by atoms with E-state index in [1.807, 2.05) is 36.5 Å². The lowest BCUT2D eigenvalue weighted by Gasteiger charge is -2.17. The van der Waals surface area contributed by atoms with Crippen molar-refractivity contribution in [2.45, 2.75) is 12.6 Å². The van der Waals surface area contributed by atoms with Gasteiger partial charge in [-0.2, -0.15) is 5.10 Å². The van der Waals surface area contributed by atoms with Gasteiger partial charge in [0.1, 0.15) is 0 Å². The molecule has 0 spiro atoms. The van der Waals surface area contributed by atoms with Gasteiger partial charge in [0.2, 0.25) is 0 Å². The van der Waals surface area contributed by atoms with E-state index in [1.54, 1.807) is 10.9 Å². The van der Waals surface area contributed by atoms with Gasteiger partial charge in [0.05, 0.1) is 18.3 Å². The molecule has 130 valence electrons. The molecule has 25 heavy (non-hydrogen) atoms. The molecule has 2 N–H and O–H groups in total. The third-order valence-corrected chi connectivity index (χ3v) is 3.82. The number of halogens is 3. The predicted octanol–water partition coefficient (Wildman–Crippen LogP) is 3.11. The first-order valence-corrected chi connectivity index (χ1v) is 7.66. The van der Waals surface area contributed by atoms with Crippen LogP contribution in [0.4, 0.5) is 13.2 Å². The van der Waals surface area contributed by atoms with E-state index in [9.17, 15) is 18.3 Å². The lowest BCUT2D eigenvalue weighted by atomic mass is 10.1. The van der Waals surface area contributed by atoms with E-state index in [0.29, 0.717) is 6.54 Å². The summed E-state index contributed by atoms with van der Waals surface area (Å²) in [6, 6.07) is 10.4. The molecule has 0 aliphatic carbocycles. The summed E-state index contributed by atoms with van der Waals surface area (Å²) in [5.41, 5.74) is 1.90. The normalized spacial score (nSPS) is 12.3. The second-order valence-corrected chi connectivity index (χ2v) is 5.54. The van der Waals surface area contributed by atoms with Crippen LogP contribution >= 0.6 is 0 Å². The fraction of sp³-hybridized carbons (Fsp3) is 0.167. The van der Waals surface area contributed by atoms with Crippen molar-refractivity contribution in [2.75, 3.05) is 6.61 Å². The maximum Gasteiger partial charge on any atom is 0.194 e. The molecule has 0 aliphatic heterocycles. The van der Waals surface area contributed by atoms with Gasteiger partial charge in [-0.15, -0.1) is 0 Å². The quantitative estimate of drug-likeness (QED) is 0.674. The third-order valence-electron chi connectivity index (χ3n) is 3.82. The van der Waals surface area contributed by atoms with Crippen LogP contribution in [0.2, 0.25) is 0 Å². The van der Waals surface area contributed by atoms with Crippen molar-refractivity contribution < 1.29 is 18.3 Å². The second-order valence-electron chi connectivity index (χ2n) is 5.54. The Kier molecular flexibility index (Phi) is 5.16. The van der Waals surface area contributed by atoms with E-state index in [0.717, 1.165) is 23.4 Å². The van der Waals surface area contributed by atoms with Crippen LogP contribution in [0.3, 0.4) is 0 Å². The van der Waals surface area contributed by atoms with E-state index >= 15 is 0 Å². The zero-order valence-electron chi connectivity index (χ0n) is 13.2. The summed E-state index contributed by atoms with van der Waals surface area (Å²) >= 11 is 0. The van der Waals surface area contributed by atoms with Crippen LogP contribution in [0.15, 0.2) is 54.9 Å². The lowest BCUT2D eigenvalue weighted by molar-refractivity contribution is 0.242. The van der Waals surface area contributed by atoms with Gasteiger partial charge in [-0.25, -0.2) is 17.9 Å². The maximum absolute atomic E-state index is 13.4. The minimum Gasteiger partial charge on any atom is -0.394 e. The molecular weight excluding hydrogens is 331 g/mol. The third kappa shape index (κ3) is 3.89. The number of benzene rings is 2. The van der Waals surface area contributed by atoms with Crippen molar-refractivity contribution >= 4 is 0 Å². The minimum absolute atomic E-state index is 0.141. The van der Waals surface area contributed by atoms with Gasteiger partial charge in [-0.05, 0) is 41.5 Å². The average molecular weight is 347 g/mol. The highest BCUT2D eigenvalue weighted by molar-refractivity contribution is 5.35. The summed E-state index contributed by atoms with van der Waals surface area (Å²) in [6.07, 6.45) is 3.48.